The molecule has 188 valence electrons. The highest BCUT2D eigenvalue weighted by atomic mass is 32.1. The second-order valence-electron chi connectivity index (χ2n) is 9.68. The largest absolute Gasteiger partial charge is 0.456 e. The Kier molecular flexibility index (Phi) is 5.28. The molecule has 0 saturated carbocycles. The molecule has 0 amide bonds. The van der Waals surface area contributed by atoms with Crippen molar-refractivity contribution in [2.45, 2.75) is 0 Å². The zero-order valence-electron chi connectivity index (χ0n) is 21.3. The van der Waals surface area contributed by atoms with Crippen molar-refractivity contribution in [1.29, 1.82) is 0 Å². The zero-order chi connectivity index (χ0) is 26.5. The van der Waals surface area contributed by atoms with E-state index in [2.05, 4.69) is 91.0 Å². The highest BCUT2D eigenvalue weighted by molar-refractivity contribution is 7.22. The summed E-state index contributed by atoms with van der Waals surface area (Å²) in [6.07, 6.45) is 0. The van der Waals surface area contributed by atoms with Gasteiger partial charge in [-0.3, -0.25) is 0 Å². The van der Waals surface area contributed by atoms with Gasteiger partial charge in [-0.05, 0) is 46.8 Å². The maximum absolute atomic E-state index is 6.19. The Morgan fingerprint density at radius 2 is 1.18 bits per heavy atom. The van der Waals surface area contributed by atoms with E-state index in [1.165, 1.54) is 10.1 Å². The molecule has 0 bridgehead atoms. The van der Waals surface area contributed by atoms with Gasteiger partial charge >= 0.3 is 0 Å². The minimum Gasteiger partial charge on any atom is -0.456 e. The number of hydrogen-bond acceptors (Lipinski definition) is 5. The number of nitrogens with zero attached hydrogens (tertiary/aromatic N) is 3. The van der Waals surface area contributed by atoms with Crippen LogP contribution >= 0.6 is 11.3 Å². The van der Waals surface area contributed by atoms with Crippen molar-refractivity contribution in [3.8, 4) is 44.6 Å². The average molecular weight is 532 g/mol. The SMILES string of the molecule is c1ccc(-c2ccccc2-c2nc(-c3ccc4c(c3)oc3ccccc34)nc(-c3cc4ccccc4s3)n2)cc1. The van der Waals surface area contributed by atoms with Gasteiger partial charge < -0.3 is 4.42 Å². The summed E-state index contributed by atoms with van der Waals surface area (Å²) in [5.41, 5.74) is 5.73. The van der Waals surface area contributed by atoms with Gasteiger partial charge in [0, 0.05) is 26.6 Å². The fourth-order valence-electron chi connectivity index (χ4n) is 5.24. The first kappa shape index (κ1) is 22.8. The van der Waals surface area contributed by atoms with Gasteiger partial charge in [0.15, 0.2) is 17.5 Å². The lowest BCUT2D eigenvalue weighted by molar-refractivity contribution is 0.669. The van der Waals surface area contributed by atoms with E-state index >= 15 is 0 Å². The van der Waals surface area contributed by atoms with Gasteiger partial charge in [-0.15, -0.1) is 11.3 Å². The van der Waals surface area contributed by atoms with Crippen LogP contribution in [0.1, 0.15) is 0 Å². The topological polar surface area (TPSA) is 51.8 Å². The summed E-state index contributed by atoms with van der Waals surface area (Å²) in [6, 6.07) is 43.5. The molecule has 0 atom stereocenters. The molecule has 4 nitrogen and oxygen atoms in total. The number of aromatic nitrogens is 3. The number of furan rings is 1. The fraction of sp³-hybridized carbons (Fsp3) is 0. The van der Waals surface area contributed by atoms with Gasteiger partial charge in [0.25, 0.3) is 0 Å². The maximum Gasteiger partial charge on any atom is 0.174 e. The number of benzene rings is 5. The second-order valence-corrected chi connectivity index (χ2v) is 10.8. The summed E-state index contributed by atoms with van der Waals surface area (Å²) >= 11 is 1.69. The lowest BCUT2D eigenvalue weighted by Crippen LogP contribution is -2.00. The molecule has 0 unspecified atom stereocenters. The maximum atomic E-state index is 6.19. The molecule has 8 rings (SSSR count). The van der Waals surface area contributed by atoms with Crippen LogP contribution in [0.3, 0.4) is 0 Å². The second kappa shape index (κ2) is 9.26. The summed E-state index contributed by atoms with van der Waals surface area (Å²) in [6.45, 7) is 0. The third kappa shape index (κ3) is 3.87. The van der Waals surface area contributed by atoms with Gasteiger partial charge in [0.2, 0.25) is 0 Å². The third-order valence-corrected chi connectivity index (χ3v) is 8.28. The zero-order valence-corrected chi connectivity index (χ0v) is 22.1. The molecule has 0 aliphatic heterocycles. The van der Waals surface area contributed by atoms with E-state index in [0.29, 0.717) is 17.5 Å². The molecule has 5 heteroatoms. The van der Waals surface area contributed by atoms with Gasteiger partial charge in [-0.1, -0.05) is 97.1 Å². The highest BCUT2D eigenvalue weighted by Crippen LogP contribution is 2.37. The Morgan fingerprint density at radius 3 is 2.08 bits per heavy atom. The van der Waals surface area contributed by atoms with Crippen molar-refractivity contribution in [2.24, 2.45) is 0 Å². The number of hydrogen-bond donors (Lipinski definition) is 0. The number of para-hydroxylation sites is 1. The molecule has 0 saturated heterocycles. The molecule has 5 aromatic carbocycles. The van der Waals surface area contributed by atoms with E-state index < -0.39 is 0 Å². The number of thiophene rings is 1. The van der Waals surface area contributed by atoms with Gasteiger partial charge in [0.05, 0.1) is 4.88 Å². The molecule has 0 N–H and O–H groups in total. The number of fused-ring (bicyclic) bond motifs is 4. The third-order valence-electron chi connectivity index (χ3n) is 7.17. The quantitative estimate of drug-likeness (QED) is 0.227. The molecule has 0 radical (unpaired) electrons. The summed E-state index contributed by atoms with van der Waals surface area (Å²) in [7, 11) is 0. The minimum atomic E-state index is 0.614. The summed E-state index contributed by atoms with van der Waals surface area (Å²) < 4.78 is 7.40. The molecule has 0 aliphatic rings. The van der Waals surface area contributed by atoms with Crippen molar-refractivity contribution in [2.75, 3.05) is 0 Å². The lowest BCUT2D eigenvalue weighted by Gasteiger charge is -2.11. The first-order chi connectivity index (χ1) is 19.8. The molecule has 0 aliphatic carbocycles. The van der Waals surface area contributed by atoms with Crippen LogP contribution in [-0.4, -0.2) is 15.0 Å². The predicted octanol–water partition coefficient (Wildman–Crippen LogP) is 9.65. The van der Waals surface area contributed by atoms with E-state index in [4.69, 9.17) is 19.4 Å². The Hall–Kier alpha value is -5.13. The molecular weight excluding hydrogens is 510 g/mol. The van der Waals surface area contributed by atoms with E-state index in [-0.39, 0.29) is 0 Å². The Balaban J connectivity index is 1.36. The standard InChI is InChI=1S/C35H21N3OS/c1-2-10-22(11-3-1)25-13-5-6-15-28(25)34-36-33(37-35(38-34)32-21-23-12-4-9-17-31(23)40-32)24-18-19-27-26-14-7-8-16-29(26)39-30(27)20-24/h1-21H. The average Bonchev–Trinajstić information content (AvgIpc) is 3.63. The van der Waals surface area contributed by atoms with Crippen LogP contribution in [0.5, 0.6) is 0 Å². The molecular formula is C35H21N3OS. The van der Waals surface area contributed by atoms with E-state index in [0.717, 1.165) is 49.1 Å². The molecule has 0 spiro atoms. The molecule has 3 aromatic heterocycles. The normalized spacial score (nSPS) is 11.5. The van der Waals surface area contributed by atoms with Crippen LogP contribution in [0.2, 0.25) is 0 Å². The smallest absolute Gasteiger partial charge is 0.174 e. The van der Waals surface area contributed by atoms with Crippen molar-refractivity contribution in [3.63, 3.8) is 0 Å². The molecule has 0 fully saturated rings. The van der Waals surface area contributed by atoms with E-state index in [9.17, 15) is 0 Å². The van der Waals surface area contributed by atoms with E-state index in [1.54, 1.807) is 11.3 Å². The summed E-state index contributed by atoms with van der Waals surface area (Å²) in [4.78, 5) is 16.1. The monoisotopic (exact) mass is 531 g/mol. The molecule has 8 aromatic rings. The predicted molar refractivity (Wildman–Crippen MR) is 164 cm³/mol. The fourth-order valence-corrected chi connectivity index (χ4v) is 6.24. The van der Waals surface area contributed by atoms with Gasteiger partial charge in [0.1, 0.15) is 11.2 Å². The molecule has 40 heavy (non-hydrogen) atoms. The van der Waals surface area contributed by atoms with Crippen LogP contribution in [-0.2, 0) is 0 Å². The van der Waals surface area contributed by atoms with Crippen LogP contribution in [0.25, 0.3) is 76.6 Å². The lowest BCUT2D eigenvalue weighted by atomic mass is 9.99. The Labute approximate surface area is 234 Å². The Morgan fingerprint density at radius 1 is 0.475 bits per heavy atom. The first-order valence-corrected chi connectivity index (χ1v) is 13.9. The van der Waals surface area contributed by atoms with Crippen molar-refractivity contribution in [3.05, 3.63) is 127 Å². The minimum absolute atomic E-state index is 0.614. The summed E-state index contributed by atoms with van der Waals surface area (Å²) in [5, 5.41) is 3.36. The highest BCUT2D eigenvalue weighted by Gasteiger charge is 2.18. The van der Waals surface area contributed by atoms with Gasteiger partial charge in [-0.2, -0.15) is 0 Å². The van der Waals surface area contributed by atoms with E-state index in [1.807, 2.05) is 36.4 Å². The van der Waals surface area contributed by atoms with Crippen LogP contribution in [0, 0.1) is 0 Å². The van der Waals surface area contributed by atoms with Crippen molar-refractivity contribution < 1.29 is 4.42 Å². The summed E-state index contributed by atoms with van der Waals surface area (Å²) in [5.74, 6) is 1.91. The van der Waals surface area contributed by atoms with Gasteiger partial charge in [-0.25, -0.2) is 15.0 Å². The van der Waals surface area contributed by atoms with Crippen LogP contribution in [0.15, 0.2) is 132 Å². The Bertz CT molecular complexity index is 2150. The van der Waals surface area contributed by atoms with Crippen molar-refractivity contribution >= 4 is 43.4 Å². The van der Waals surface area contributed by atoms with Crippen LogP contribution in [0.4, 0.5) is 0 Å². The molecule has 3 heterocycles. The van der Waals surface area contributed by atoms with Crippen LogP contribution < -0.4 is 0 Å². The first-order valence-electron chi connectivity index (χ1n) is 13.1. The number of rotatable bonds is 4. The van der Waals surface area contributed by atoms with Crippen molar-refractivity contribution in [1.82, 2.24) is 15.0 Å².